The van der Waals surface area contributed by atoms with Gasteiger partial charge in [0.1, 0.15) is 0 Å². The van der Waals surface area contributed by atoms with Gasteiger partial charge in [-0.3, -0.25) is 0 Å². The Kier molecular flexibility index (Phi) is 9.45. The zero-order chi connectivity index (χ0) is 10.0. The summed E-state index contributed by atoms with van der Waals surface area (Å²) >= 11 is 0. The summed E-state index contributed by atoms with van der Waals surface area (Å²) < 4.78 is 4.36. The first-order chi connectivity index (χ1) is 5.47. The second-order valence-corrected chi connectivity index (χ2v) is 1.99. The Morgan fingerprint density at radius 3 is 1.67 bits per heavy atom. The standard InChI is InChI=1S/C4H10O3.C4H6O/c1-2-3-4(5,6)7;1-3-5-4-2/h5-7H,2-3H2,1H3;3-4H,1-2H2. The molecule has 0 aromatic carbocycles. The number of aliphatic hydroxyl groups is 3. The monoisotopic (exact) mass is 176 g/mol. The minimum Gasteiger partial charge on any atom is -0.474 e. The molecule has 0 saturated heterocycles. The summed E-state index contributed by atoms with van der Waals surface area (Å²) in [5.74, 6) is -2.45. The van der Waals surface area contributed by atoms with Gasteiger partial charge in [-0.1, -0.05) is 20.1 Å². The van der Waals surface area contributed by atoms with Crippen LogP contribution in [-0.2, 0) is 4.74 Å². The van der Waals surface area contributed by atoms with Gasteiger partial charge in [0.25, 0.3) is 5.97 Å². The van der Waals surface area contributed by atoms with Crippen LogP contribution in [0.1, 0.15) is 19.8 Å². The molecule has 0 amide bonds. The Bertz CT molecular complexity index is 109. The maximum atomic E-state index is 8.13. The lowest BCUT2D eigenvalue weighted by Crippen LogP contribution is -2.26. The molecule has 0 aliphatic heterocycles. The fourth-order valence-corrected chi connectivity index (χ4v) is 0.403. The zero-order valence-corrected chi connectivity index (χ0v) is 7.23. The van der Waals surface area contributed by atoms with Crippen LogP contribution in [0.15, 0.2) is 25.7 Å². The van der Waals surface area contributed by atoms with Crippen molar-refractivity contribution in [1.82, 2.24) is 0 Å². The predicted octanol–water partition coefficient (Wildman–Crippen LogP) is 0.707. The van der Waals surface area contributed by atoms with Crippen molar-refractivity contribution in [1.29, 1.82) is 0 Å². The van der Waals surface area contributed by atoms with E-state index in [4.69, 9.17) is 15.3 Å². The number of rotatable bonds is 4. The van der Waals surface area contributed by atoms with Gasteiger partial charge >= 0.3 is 0 Å². The van der Waals surface area contributed by atoms with Crippen molar-refractivity contribution < 1.29 is 20.1 Å². The Morgan fingerprint density at radius 2 is 1.67 bits per heavy atom. The molecule has 0 heterocycles. The third kappa shape index (κ3) is 22.9. The molecule has 0 bridgehead atoms. The summed E-state index contributed by atoms with van der Waals surface area (Å²) in [7, 11) is 0. The van der Waals surface area contributed by atoms with E-state index < -0.39 is 5.97 Å². The van der Waals surface area contributed by atoms with Gasteiger partial charge in [0.2, 0.25) is 0 Å². The average Bonchev–Trinajstić information content (AvgIpc) is 1.87. The van der Waals surface area contributed by atoms with Gasteiger partial charge in [-0.25, -0.2) is 0 Å². The van der Waals surface area contributed by atoms with Crippen molar-refractivity contribution in [2.24, 2.45) is 0 Å². The number of hydrogen-bond acceptors (Lipinski definition) is 4. The minimum absolute atomic E-state index is 0.00694. The Labute approximate surface area is 72.4 Å². The molecule has 0 saturated carbocycles. The molecule has 72 valence electrons. The quantitative estimate of drug-likeness (QED) is 0.436. The van der Waals surface area contributed by atoms with E-state index in [0.29, 0.717) is 6.42 Å². The largest absolute Gasteiger partial charge is 0.474 e. The lowest BCUT2D eigenvalue weighted by atomic mass is 10.3. The maximum absolute atomic E-state index is 8.13. The fourth-order valence-electron chi connectivity index (χ4n) is 0.403. The third-order valence-corrected chi connectivity index (χ3v) is 0.778. The molecule has 0 radical (unpaired) electrons. The molecule has 12 heavy (non-hydrogen) atoms. The van der Waals surface area contributed by atoms with Crippen LogP contribution in [0.25, 0.3) is 0 Å². The average molecular weight is 176 g/mol. The zero-order valence-electron chi connectivity index (χ0n) is 7.23. The number of ether oxygens (including phenoxy) is 1. The van der Waals surface area contributed by atoms with E-state index in [1.807, 2.05) is 0 Å². The van der Waals surface area contributed by atoms with Crippen molar-refractivity contribution in [3.8, 4) is 0 Å². The highest BCUT2D eigenvalue weighted by molar-refractivity contribution is 4.57. The molecule has 0 rings (SSSR count). The van der Waals surface area contributed by atoms with Crippen molar-refractivity contribution in [2.75, 3.05) is 0 Å². The molecule has 0 aliphatic carbocycles. The molecular weight excluding hydrogens is 160 g/mol. The Balaban J connectivity index is 0. The Morgan fingerprint density at radius 1 is 1.25 bits per heavy atom. The van der Waals surface area contributed by atoms with Crippen LogP contribution in [0, 0.1) is 0 Å². The first-order valence-corrected chi connectivity index (χ1v) is 3.52. The van der Waals surface area contributed by atoms with Crippen molar-refractivity contribution in [3.63, 3.8) is 0 Å². The van der Waals surface area contributed by atoms with Crippen LogP contribution in [0.5, 0.6) is 0 Å². The molecule has 0 aromatic rings. The summed E-state index contributed by atoms with van der Waals surface area (Å²) in [5.41, 5.74) is 0. The summed E-state index contributed by atoms with van der Waals surface area (Å²) in [6, 6.07) is 0. The van der Waals surface area contributed by atoms with Crippen LogP contribution in [0.4, 0.5) is 0 Å². The molecule has 0 unspecified atom stereocenters. The lowest BCUT2D eigenvalue weighted by molar-refractivity contribution is -0.314. The second-order valence-electron chi connectivity index (χ2n) is 1.99. The molecule has 0 atom stereocenters. The smallest absolute Gasteiger partial charge is 0.275 e. The van der Waals surface area contributed by atoms with Gasteiger partial charge in [0, 0.05) is 6.42 Å². The van der Waals surface area contributed by atoms with Crippen molar-refractivity contribution in [2.45, 2.75) is 25.7 Å². The predicted molar refractivity (Wildman–Crippen MR) is 45.8 cm³/mol. The first-order valence-electron chi connectivity index (χ1n) is 3.52. The van der Waals surface area contributed by atoms with Crippen molar-refractivity contribution >= 4 is 0 Å². The highest BCUT2D eigenvalue weighted by Crippen LogP contribution is 2.01. The summed E-state index contributed by atoms with van der Waals surface area (Å²) in [6.07, 6.45) is 3.19. The molecule has 0 aliphatic rings. The molecule has 4 heteroatoms. The van der Waals surface area contributed by atoms with Crippen LogP contribution in [-0.4, -0.2) is 21.3 Å². The van der Waals surface area contributed by atoms with Gasteiger partial charge in [-0.05, 0) is 6.42 Å². The SMILES string of the molecule is C=COC=C.CCCC(O)(O)O. The van der Waals surface area contributed by atoms with Crippen LogP contribution in [0.3, 0.4) is 0 Å². The first kappa shape index (κ1) is 13.7. The van der Waals surface area contributed by atoms with E-state index in [1.165, 1.54) is 12.5 Å². The van der Waals surface area contributed by atoms with E-state index >= 15 is 0 Å². The second kappa shape index (κ2) is 8.26. The fraction of sp³-hybridized carbons (Fsp3) is 0.500. The maximum Gasteiger partial charge on any atom is 0.275 e. The minimum atomic E-state index is -2.45. The van der Waals surface area contributed by atoms with Gasteiger partial charge < -0.3 is 20.1 Å². The van der Waals surface area contributed by atoms with Gasteiger partial charge in [0.05, 0.1) is 12.5 Å². The van der Waals surface area contributed by atoms with Gasteiger partial charge in [0.15, 0.2) is 0 Å². The third-order valence-electron chi connectivity index (χ3n) is 0.778. The van der Waals surface area contributed by atoms with Crippen LogP contribution in [0.2, 0.25) is 0 Å². The lowest BCUT2D eigenvalue weighted by Gasteiger charge is -2.10. The van der Waals surface area contributed by atoms with Crippen LogP contribution >= 0.6 is 0 Å². The van der Waals surface area contributed by atoms with Gasteiger partial charge in [-0.2, -0.15) is 0 Å². The molecule has 0 fully saturated rings. The van der Waals surface area contributed by atoms with Gasteiger partial charge in [-0.15, -0.1) is 0 Å². The molecule has 0 spiro atoms. The van der Waals surface area contributed by atoms with E-state index in [0.717, 1.165) is 0 Å². The summed E-state index contributed by atoms with van der Waals surface area (Å²) in [5, 5.41) is 24.4. The highest BCUT2D eigenvalue weighted by atomic mass is 16.7. The Hall–Kier alpha value is -0.840. The van der Waals surface area contributed by atoms with E-state index in [9.17, 15) is 0 Å². The molecule has 4 nitrogen and oxygen atoms in total. The van der Waals surface area contributed by atoms with Crippen molar-refractivity contribution in [3.05, 3.63) is 25.7 Å². The summed E-state index contributed by atoms with van der Waals surface area (Å²) in [4.78, 5) is 0. The van der Waals surface area contributed by atoms with E-state index in [-0.39, 0.29) is 6.42 Å². The molecule has 3 N–H and O–H groups in total. The number of hydrogen-bond donors (Lipinski definition) is 3. The summed E-state index contributed by atoms with van der Waals surface area (Å²) in [6.45, 7) is 8.26. The topological polar surface area (TPSA) is 69.9 Å². The van der Waals surface area contributed by atoms with E-state index in [2.05, 4.69) is 17.9 Å². The normalized spacial score (nSPS) is 9.33. The highest BCUT2D eigenvalue weighted by Gasteiger charge is 2.14. The molecule has 0 aromatic heterocycles. The van der Waals surface area contributed by atoms with Crippen LogP contribution < -0.4 is 0 Å². The molecular formula is C8H16O4. The van der Waals surface area contributed by atoms with E-state index in [1.54, 1.807) is 6.92 Å².